The summed E-state index contributed by atoms with van der Waals surface area (Å²) >= 11 is 5.85. The Kier molecular flexibility index (Phi) is 5.81. The van der Waals surface area contributed by atoms with Gasteiger partial charge in [-0.15, -0.1) is 0 Å². The molecule has 0 bridgehead atoms. The topological polar surface area (TPSA) is 32.3 Å². The van der Waals surface area contributed by atoms with Gasteiger partial charge in [-0.25, -0.2) is 4.39 Å². The van der Waals surface area contributed by atoms with Crippen LogP contribution < -0.4 is 5.32 Å². The fraction of sp³-hybridized carbons (Fsp3) is 0.588. The van der Waals surface area contributed by atoms with Crippen molar-refractivity contribution in [1.82, 2.24) is 10.2 Å². The van der Waals surface area contributed by atoms with Gasteiger partial charge in [0, 0.05) is 31.6 Å². The Hall–Kier alpha value is -1.13. The first-order chi connectivity index (χ1) is 10.4. The lowest BCUT2D eigenvalue weighted by Crippen LogP contribution is -2.50. The number of hydrogen-bond donors (Lipinski definition) is 1. The number of amides is 1. The van der Waals surface area contributed by atoms with Gasteiger partial charge in [0.05, 0.1) is 5.02 Å². The molecule has 1 N–H and O–H groups in total. The van der Waals surface area contributed by atoms with Crippen LogP contribution in [0.4, 0.5) is 4.39 Å². The van der Waals surface area contributed by atoms with Gasteiger partial charge in [-0.05, 0) is 37.0 Å². The molecule has 0 radical (unpaired) electrons. The maximum atomic E-state index is 13.2. The first-order valence-corrected chi connectivity index (χ1v) is 8.29. The number of piperidine rings is 1. The van der Waals surface area contributed by atoms with Crippen molar-refractivity contribution in [3.8, 4) is 0 Å². The summed E-state index contributed by atoms with van der Waals surface area (Å²) in [6, 6.07) is 5.29. The second kappa shape index (κ2) is 7.42. The maximum absolute atomic E-state index is 13.2. The van der Waals surface area contributed by atoms with Crippen molar-refractivity contribution in [2.45, 2.75) is 45.7 Å². The van der Waals surface area contributed by atoms with Gasteiger partial charge < -0.3 is 10.2 Å². The first-order valence-electron chi connectivity index (χ1n) is 7.91. The van der Waals surface area contributed by atoms with Crippen LogP contribution in [-0.2, 0) is 4.79 Å². The van der Waals surface area contributed by atoms with Crippen LogP contribution >= 0.6 is 11.6 Å². The van der Waals surface area contributed by atoms with Crippen molar-refractivity contribution in [3.05, 3.63) is 34.6 Å². The van der Waals surface area contributed by atoms with Crippen LogP contribution in [0.2, 0.25) is 5.02 Å². The van der Waals surface area contributed by atoms with Crippen LogP contribution in [0.1, 0.15) is 45.2 Å². The Balaban J connectivity index is 1.96. The quantitative estimate of drug-likeness (QED) is 0.913. The first kappa shape index (κ1) is 17.2. The van der Waals surface area contributed by atoms with E-state index in [1.165, 1.54) is 6.07 Å². The van der Waals surface area contributed by atoms with Gasteiger partial charge in [0.15, 0.2) is 0 Å². The largest absolute Gasteiger partial charge is 0.342 e. The fourth-order valence-electron chi connectivity index (χ4n) is 3.04. The molecule has 0 spiro atoms. The van der Waals surface area contributed by atoms with Crippen LogP contribution in [0, 0.1) is 11.7 Å². The minimum Gasteiger partial charge on any atom is -0.342 e. The molecular weight excluding hydrogens is 303 g/mol. The summed E-state index contributed by atoms with van der Waals surface area (Å²) in [7, 11) is 0. The van der Waals surface area contributed by atoms with E-state index in [2.05, 4.69) is 19.2 Å². The van der Waals surface area contributed by atoms with Gasteiger partial charge in [-0.1, -0.05) is 31.5 Å². The molecule has 1 saturated heterocycles. The second-order valence-electron chi connectivity index (χ2n) is 6.13. The summed E-state index contributed by atoms with van der Waals surface area (Å²) in [4.78, 5) is 13.7. The van der Waals surface area contributed by atoms with Crippen molar-refractivity contribution in [2.75, 3.05) is 13.1 Å². The van der Waals surface area contributed by atoms with Gasteiger partial charge in [-0.2, -0.15) is 0 Å². The van der Waals surface area contributed by atoms with Gasteiger partial charge in [0.25, 0.3) is 0 Å². The van der Waals surface area contributed by atoms with E-state index in [0.717, 1.165) is 25.1 Å². The summed E-state index contributed by atoms with van der Waals surface area (Å²) in [5.74, 6) is 0.226. The van der Waals surface area contributed by atoms with Crippen LogP contribution in [-0.4, -0.2) is 29.9 Å². The van der Waals surface area contributed by atoms with Crippen LogP contribution in [0.15, 0.2) is 18.2 Å². The molecule has 0 saturated carbocycles. The second-order valence-corrected chi connectivity index (χ2v) is 6.53. The number of rotatable bonds is 4. The summed E-state index contributed by atoms with van der Waals surface area (Å²) in [5, 5.41) is 3.75. The molecule has 1 aliphatic rings. The van der Waals surface area contributed by atoms with Crippen LogP contribution in [0.5, 0.6) is 0 Å². The molecule has 1 heterocycles. The highest BCUT2D eigenvalue weighted by molar-refractivity contribution is 6.30. The Labute approximate surface area is 136 Å². The SMILES string of the molecule is CCC(=O)N1CC[C@H](N[C@@H](C)c2ccc(F)c(Cl)c2)[C@H](C)C1. The smallest absolute Gasteiger partial charge is 0.222 e. The molecule has 1 fully saturated rings. The summed E-state index contributed by atoms with van der Waals surface area (Å²) in [6.07, 6.45) is 1.50. The summed E-state index contributed by atoms with van der Waals surface area (Å²) < 4.78 is 13.2. The lowest BCUT2D eigenvalue weighted by Gasteiger charge is -2.38. The zero-order valence-electron chi connectivity index (χ0n) is 13.4. The van der Waals surface area contributed by atoms with E-state index in [4.69, 9.17) is 11.6 Å². The molecule has 22 heavy (non-hydrogen) atoms. The highest BCUT2D eigenvalue weighted by atomic mass is 35.5. The van der Waals surface area contributed by atoms with Gasteiger partial charge >= 0.3 is 0 Å². The third kappa shape index (κ3) is 3.99. The summed E-state index contributed by atoms with van der Waals surface area (Å²) in [5.41, 5.74) is 0.977. The van der Waals surface area contributed by atoms with Gasteiger partial charge in [0.1, 0.15) is 5.82 Å². The molecule has 122 valence electrons. The average molecular weight is 327 g/mol. The molecule has 3 nitrogen and oxygen atoms in total. The Bertz CT molecular complexity index is 537. The third-order valence-corrected chi connectivity index (χ3v) is 4.76. The van der Waals surface area contributed by atoms with E-state index in [1.807, 2.05) is 11.8 Å². The van der Waals surface area contributed by atoms with Crippen molar-refractivity contribution < 1.29 is 9.18 Å². The number of carbonyl (C=O) groups excluding carboxylic acids is 1. The monoisotopic (exact) mass is 326 g/mol. The number of nitrogens with one attached hydrogen (secondary N) is 1. The van der Waals surface area contributed by atoms with Crippen LogP contribution in [0.25, 0.3) is 0 Å². The number of benzene rings is 1. The number of carbonyl (C=O) groups is 1. The van der Waals surface area contributed by atoms with Crippen LogP contribution in [0.3, 0.4) is 0 Å². The average Bonchev–Trinajstić information content (AvgIpc) is 2.51. The molecule has 5 heteroatoms. The van der Waals surface area contributed by atoms with E-state index >= 15 is 0 Å². The predicted octanol–water partition coefficient (Wildman–Crippen LogP) is 3.78. The van der Waals surface area contributed by atoms with Crippen molar-refractivity contribution in [1.29, 1.82) is 0 Å². The number of likely N-dealkylation sites (tertiary alicyclic amines) is 1. The highest BCUT2D eigenvalue weighted by Gasteiger charge is 2.28. The maximum Gasteiger partial charge on any atom is 0.222 e. The highest BCUT2D eigenvalue weighted by Crippen LogP contribution is 2.24. The summed E-state index contributed by atoms with van der Waals surface area (Å²) in [6.45, 7) is 7.71. The van der Waals surface area contributed by atoms with E-state index in [0.29, 0.717) is 18.4 Å². The van der Waals surface area contributed by atoms with E-state index in [-0.39, 0.29) is 17.0 Å². The molecule has 1 aromatic carbocycles. The lowest BCUT2D eigenvalue weighted by atomic mass is 9.92. The molecule has 0 unspecified atom stereocenters. The molecule has 0 aromatic heterocycles. The van der Waals surface area contributed by atoms with Gasteiger partial charge in [-0.3, -0.25) is 4.79 Å². The lowest BCUT2D eigenvalue weighted by molar-refractivity contribution is -0.132. The molecule has 3 atom stereocenters. The zero-order chi connectivity index (χ0) is 16.3. The number of hydrogen-bond acceptors (Lipinski definition) is 2. The van der Waals surface area contributed by atoms with Crippen molar-refractivity contribution >= 4 is 17.5 Å². The molecule has 1 aliphatic heterocycles. The molecule has 1 aromatic rings. The minimum absolute atomic E-state index is 0.0963. The van der Waals surface area contributed by atoms with E-state index < -0.39 is 5.82 Å². The Morgan fingerprint density at radius 2 is 2.27 bits per heavy atom. The third-order valence-electron chi connectivity index (χ3n) is 4.47. The van der Waals surface area contributed by atoms with E-state index in [1.54, 1.807) is 12.1 Å². The van der Waals surface area contributed by atoms with Crippen molar-refractivity contribution in [3.63, 3.8) is 0 Å². The minimum atomic E-state index is -0.391. The standard InChI is InChI=1S/C17H24ClFN2O/c1-4-17(22)21-8-7-16(11(2)10-21)20-12(3)13-5-6-15(19)14(18)9-13/h5-6,9,11-12,16,20H,4,7-8,10H2,1-3H3/t11-,12+,16+/m1/s1. The Morgan fingerprint density at radius 1 is 1.55 bits per heavy atom. The molecule has 1 amide bonds. The molecular formula is C17H24ClFN2O. The normalized spacial score (nSPS) is 23.4. The van der Waals surface area contributed by atoms with E-state index in [9.17, 15) is 9.18 Å². The number of halogens is 2. The zero-order valence-corrected chi connectivity index (χ0v) is 14.2. The van der Waals surface area contributed by atoms with Gasteiger partial charge in [0.2, 0.25) is 5.91 Å². The number of nitrogens with zero attached hydrogens (tertiary/aromatic N) is 1. The van der Waals surface area contributed by atoms with Crippen molar-refractivity contribution in [2.24, 2.45) is 5.92 Å². The molecule has 2 rings (SSSR count). The fourth-order valence-corrected chi connectivity index (χ4v) is 3.23. The predicted molar refractivity (Wildman–Crippen MR) is 87.4 cm³/mol. The Morgan fingerprint density at radius 3 is 2.86 bits per heavy atom. The molecule has 0 aliphatic carbocycles.